The molecule has 1 heterocycles. The van der Waals surface area contributed by atoms with Gasteiger partial charge in [-0.15, -0.1) is 0 Å². The second-order valence-corrected chi connectivity index (χ2v) is 5.34. The molecular formula is C15H19F2N3. The third-order valence-corrected chi connectivity index (χ3v) is 2.83. The Labute approximate surface area is 117 Å². The summed E-state index contributed by atoms with van der Waals surface area (Å²) in [5.74, 6) is -0.523. The lowest BCUT2D eigenvalue weighted by Gasteiger charge is -2.05. The number of rotatable bonds is 6. The highest BCUT2D eigenvalue weighted by Crippen LogP contribution is 2.10. The van der Waals surface area contributed by atoms with Gasteiger partial charge in [-0.3, -0.25) is 0 Å². The van der Waals surface area contributed by atoms with Gasteiger partial charge in [-0.05, 0) is 30.2 Å². The number of aromatic nitrogens is 2. The van der Waals surface area contributed by atoms with E-state index in [9.17, 15) is 8.78 Å². The Kier molecular flexibility index (Phi) is 4.84. The van der Waals surface area contributed by atoms with Crippen molar-refractivity contribution in [1.82, 2.24) is 14.9 Å². The summed E-state index contributed by atoms with van der Waals surface area (Å²) in [6.45, 7) is 6.32. The van der Waals surface area contributed by atoms with Gasteiger partial charge in [0.2, 0.25) is 0 Å². The molecule has 5 heteroatoms. The first kappa shape index (κ1) is 14.7. The molecule has 0 saturated carbocycles. The molecule has 0 aliphatic rings. The minimum atomic E-state index is -0.557. The number of hydrogen-bond donors (Lipinski definition) is 1. The lowest BCUT2D eigenvalue weighted by Crippen LogP contribution is -2.19. The molecule has 1 N–H and O–H groups in total. The standard InChI is InChI=1S/C15H19F2N3/c1-11(2)6-18-7-15-9-20(10-19-15)8-12-3-13(16)5-14(17)4-12/h3-5,9-11,18H,6-8H2,1-2H3. The summed E-state index contributed by atoms with van der Waals surface area (Å²) in [5.41, 5.74) is 1.50. The maximum Gasteiger partial charge on any atom is 0.126 e. The SMILES string of the molecule is CC(C)CNCc1cn(Cc2cc(F)cc(F)c2)cn1. The van der Waals surface area contributed by atoms with Crippen molar-refractivity contribution in [3.05, 3.63) is 53.6 Å². The maximum atomic E-state index is 13.1. The van der Waals surface area contributed by atoms with Crippen LogP contribution < -0.4 is 5.32 Å². The highest BCUT2D eigenvalue weighted by molar-refractivity contribution is 5.18. The van der Waals surface area contributed by atoms with Gasteiger partial charge in [-0.2, -0.15) is 0 Å². The van der Waals surface area contributed by atoms with E-state index in [1.807, 2.05) is 10.8 Å². The van der Waals surface area contributed by atoms with Gasteiger partial charge < -0.3 is 9.88 Å². The van der Waals surface area contributed by atoms with Crippen molar-refractivity contribution in [2.75, 3.05) is 6.54 Å². The van der Waals surface area contributed by atoms with E-state index in [1.165, 1.54) is 12.1 Å². The molecule has 0 amide bonds. The van der Waals surface area contributed by atoms with E-state index in [0.717, 1.165) is 18.3 Å². The fraction of sp³-hybridized carbons (Fsp3) is 0.400. The van der Waals surface area contributed by atoms with Crippen molar-refractivity contribution < 1.29 is 8.78 Å². The Morgan fingerprint density at radius 3 is 2.55 bits per heavy atom. The van der Waals surface area contributed by atoms with Crippen LogP contribution in [0.3, 0.4) is 0 Å². The molecule has 0 atom stereocenters. The van der Waals surface area contributed by atoms with Crippen LogP contribution in [0.15, 0.2) is 30.7 Å². The van der Waals surface area contributed by atoms with E-state index < -0.39 is 11.6 Å². The minimum Gasteiger partial charge on any atom is -0.333 e. The van der Waals surface area contributed by atoms with Crippen LogP contribution >= 0.6 is 0 Å². The summed E-state index contributed by atoms with van der Waals surface area (Å²) in [7, 11) is 0. The van der Waals surface area contributed by atoms with Crippen LogP contribution in [-0.2, 0) is 13.1 Å². The molecule has 0 aliphatic heterocycles. The fourth-order valence-electron chi connectivity index (χ4n) is 1.99. The van der Waals surface area contributed by atoms with Crippen molar-refractivity contribution >= 4 is 0 Å². The number of hydrogen-bond acceptors (Lipinski definition) is 2. The summed E-state index contributed by atoms with van der Waals surface area (Å²) < 4.78 is 28.0. The van der Waals surface area contributed by atoms with Crippen molar-refractivity contribution in [1.29, 1.82) is 0 Å². The van der Waals surface area contributed by atoms with Gasteiger partial charge in [0.1, 0.15) is 11.6 Å². The first-order chi connectivity index (χ1) is 9.52. The molecule has 0 unspecified atom stereocenters. The molecule has 108 valence electrons. The van der Waals surface area contributed by atoms with E-state index >= 15 is 0 Å². The Morgan fingerprint density at radius 2 is 1.90 bits per heavy atom. The zero-order valence-corrected chi connectivity index (χ0v) is 11.7. The summed E-state index contributed by atoms with van der Waals surface area (Å²) in [6, 6.07) is 3.54. The van der Waals surface area contributed by atoms with Gasteiger partial charge in [-0.25, -0.2) is 13.8 Å². The van der Waals surface area contributed by atoms with Crippen molar-refractivity contribution in [2.45, 2.75) is 26.9 Å². The predicted molar refractivity (Wildman–Crippen MR) is 74.2 cm³/mol. The molecule has 0 radical (unpaired) electrons. The highest BCUT2D eigenvalue weighted by Gasteiger charge is 2.03. The number of nitrogens with one attached hydrogen (secondary N) is 1. The van der Waals surface area contributed by atoms with Crippen molar-refractivity contribution in [3.63, 3.8) is 0 Å². The van der Waals surface area contributed by atoms with Gasteiger partial charge in [0.05, 0.1) is 12.0 Å². The Hall–Kier alpha value is -1.75. The highest BCUT2D eigenvalue weighted by atomic mass is 19.1. The molecule has 0 spiro atoms. The normalized spacial score (nSPS) is 11.2. The van der Waals surface area contributed by atoms with E-state index in [4.69, 9.17) is 0 Å². The molecule has 1 aromatic carbocycles. The predicted octanol–water partition coefficient (Wildman–Crippen LogP) is 2.96. The number of halogens is 2. The van der Waals surface area contributed by atoms with Gasteiger partial charge in [0.25, 0.3) is 0 Å². The maximum absolute atomic E-state index is 13.1. The van der Waals surface area contributed by atoms with E-state index in [0.29, 0.717) is 24.6 Å². The summed E-state index contributed by atoms with van der Waals surface area (Å²) >= 11 is 0. The van der Waals surface area contributed by atoms with Crippen LogP contribution in [0.25, 0.3) is 0 Å². The average Bonchev–Trinajstić information content (AvgIpc) is 2.74. The molecule has 0 fully saturated rings. The Morgan fingerprint density at radius 1 is 1.20 bits per heavy atom. The Balaban J connectivity index is 1.95. The van der Waals surface area contributed by atoms with Crippen LogP contribution in [0.1, 0.15) is 25.1 Å². The van der Waals surface area contributed by atoms with Crippen LogP contribution in [0.2, 0.25) is 0 Å². The average molecular weight is 279 g/mol. The molecule has 3 nitrogen and oxygen atoms in total. The smallest absolute Gasteiger partial charge is 0.126 e. The number of benzene rings is 1. The zero-order valence-electron chi connectivity index (χ0n) is 11.7. The minimum absolute atomic E-state index is 0.409. The van der Waals surface area contributed by atoms with Gasteiger partial charge in [0.15, 0.2) is 0 Å². The molecule has 0 bridgehead atoms. The lowest BCUT2D eigenvalue weighted by atomic mass is 10.2. The quantitative estimate of drug-likeness (QED) is 0.881. The third-order valence-electron chi connectivity index (χ3n) is 2.83. The fourth-order valence-corrected chi connectivity index (χ4v) is 1.99. The second-order valence-electron chi connectivity index (χ2n) is 5.34. The molecule has 2 aromatic rings. The van der Waals surface area contributed by atoms with Gasteiger partial charge >= 0.3 is 0 Å². The lowest BCUT2D eigenvalue weighted by molar-refractivity contribution is 0.548. The molecular weight excluding hydrogens is 260 g/mol. The first-order valence-corrected chi connectivity index (χ1v) is 6.69. The van der Waals surface area contributed by atoms with E-state index in [-0.39, 0.29) is 0 Å². The topological polar surface area (TPSA) is 29.9 Å². The Bertz CT molecular complexity index is 544. The van der Waals surface area contributed by atoms with Crippen LogP contribution in [0.5, 0.6) is 0 Å². The van der Waals surface area contributed by atoms with Crippen molar-refractivity contribution in [2.24, 2.45) is 5.92 Å². The van der Waals surface area contributed by atoms with Gasteiger partial charge in [0, 0.05) is 25.4 Å². The van der Waals surface area contributed by atoms with Crippen LogP contribution in [0, 0.1) is 17.6 Å². The summed E-state index contributed by atoms with van der Waals surface area (Å²) in [6.07, 6.45) is 3.56. The molecule has 0 aliphatic carbocycles. The molecule has 2 rings (SSSR count). The first-order valence-electron chi connectivity index (χ1n) is 6.69. The number of imidazole rings is 1. The number of nitrogens with zero attached hydrogens (tertiary/aromatic N) is 2. The zero-order chi connectivity index (χ0) is 14.5. The monoisotopic (exact) mass is 279 g/mol. The van der Waals surface area contributed by atoms with Gasteiger partial charge in [-0.1, -0.05) is 13.8 Å². The van der Waals surface area contributed by atoms with E-state index in [2.05, 4.69) is 24.1 Å². The van der Waals surface area contributed by atoms with Crippen LogP contribution in [0.4, 0.5) is 8.78 Å². The van der Waals surface area contributed by atoms with Crippen LogP contribution in [-0.4, -0.2) is 16.1 Å². The second kappa shape index (κ2) is 6.61. The van der Waals surface area contributed by atoms with Crippen molar-refractivity contribution in [3.8, 4) is 0 Å². The third kappa shape index (κ3) is 4.42. The van der Waals surface area contributed by atoms with E-state index in [1.54, 1.807) is 6.33 Å². The summed E-state index contributed by atoms with van der Waals surface area (Å²) in [4.78, 5) is 4.27. The molecule has 1 aromatic heterocycles. The summed E-state index contributed by atoms with van der Waals surface area (Å²) in [5, 5.41) is 3.30. The molecule has 20 heavy (non-hydrogen) atoms. The molecule has 0 saturated heterocycles. The largest absolute Gasteiger partial charge is 0.333 e.